The number of rotatable bonds is 3. The number of anilines is 1. The van der Waals surface area contributed by atoms with Crippen LogP contribution in [0.2, 0.25) is 0 Å². The molecule has 2 N–H and O–H groups in total. The van der Waals surface area contributed by atoms with Crippen LogP contribution in [0.15, 0.2) is 46.1 Å². The Labute approximate surface area is 154 Å². The first kappa shape index (κ1) is 17.6. The maximum atomic E-state index is 12.1. The van der Waals surface area contributed by atoms with Gasteiger partial charge in [0.05, 0.1) is 12.7 Å². The Morgan fingerprint density at radius 3 is 2.81 bits per heavy atom. The fourth-order valence-corrected chi connectivity index (χ4v) is 5.44. The number of para-hydroxylation sites is 1. The zero-order valence-corrected chi connectivity index (χ0v) is 15.7. The highest BCUT2D eigenvalue weighted by Gasteiger charge is 2.45. The maximum Gasteiger partial charge on any atom is 0.330 e. The third-order valence-corrected chi connectivity index (χ3v) is 6.78. The van der Waals surface area contributed by atoms with Gasteiger partial charge in [0.25, 0.3) is 12.2 Å². The molecular weight excluding hydrogens is 377 g/mol. The van der Waals surface area contributed by atoms with Gasteiger partial charge in [0.2, 0.25) is 0 Å². The first-order valence-corrected chi connectivity index (χ1v) is 10.8. The second kappa shape index (κ2) is 6.75. The lowest BCUT2D eigenvalue weighted by atomic mass is 10.2. The Morgan fingerprint density at radius 2 is 2.04 bits per heavy atom. The second-order valence-corrected chi connectivity index (χ2v) is 9.39. The monoisotopic (exact) mass is 395 g/mol. The molecule has 0 radical (unpaired) electrons. The predicted octanol–water partition coefficient (Wildman–Crippen LogP) is 1.88. The summed E-state index contributed by atoms with van der Waals surface area (Å²) < 4.78 is 19.1. The van der Waals surface area contributed by atoms with Gasteiger partial charge in [0.1, 0.15) is 12.3 Å². The predicted molar refractivity (Wildman–Crippen MR) is 99.8 cm³/mol. The molecule has 0 amide bonds. The lowest BCUT2D eigenvalue weighted by Crippen LogP contribution is -2.34. The molecule has 26 heavy (non-hydrogen) atoms. The van der Waals surface area contributed by atoms with E-state index in [1.807, 2.05) is 30.3 Å². The van der Waals surface area contributed by atoms with Crippen molar-refractivity contribution in [2.24, 2.45) is 0 Å². The fourth-order valence-electron chi connectivity index (χ4n) is 3.04. The first-order chi connectivity index (χ1) is 12.4. The van der Waals surface area contributed by atoms with Crippen LogP contribution in [-0.2, 0) is 25.6 Å². The largest absolute Gasteiger partial charge is 0.349 e. The van der Waals surface area contributed by atoms with Crippen molar-refractivity contribution in [1.29, 1.82) is 0 Å². The number of hydrogen-bond acceptors (Lipinski definition) is 6. The molecule has 0 spiro atoms. The van der Waals surface area contributed by atoms with Gasteiger partial charge in [-0.1, -0.05) is 18.2 Å². The standard InChI is InChI=1S/C16H18N3O5PS/c1-10-8-19(16(21)17-15(10)20)14-7-12-13(23-14)9-22-25(26,24-12)18-11-5-3-2-4-6-11/h2-6,8,12-14H,7,9H2,1H3,(H,18,26)(H,17,20,21)/t12-,13+,14+,25+/m0/s1. The lowest BCUT2D eigenvalue weighted by Gasteiger charge is -2.34. The van der Waals surface area contributed by atoms with Crippen molar-refractivity contribution in [1.82, 2.24) is 9.55 Å². The summed E-state index contributed by atoms with van der Waals surface area (Å²) in [6.07, 6.45) is 0.828. The molecule has 138 valence electrons. The minimum absolute atomic E-state index is 0.282. The van der Waals surface area contributed by atoms with E-state index in [4.69, 9.17) is 25.6 Å². The summed E-state index contributed by atoms with van der Waals surface area (Å²) in [6, 6.07) is 9.50. The van der Waals surface area contributed by atoms with Gasteiger partial charge in [-0.05, 0) is 30.9 Å². The molecule has 3 heterocycles. The van der Waals surface area contributed by atoms with Crippen molar-refractivity contribution in [3.63, 3.8) is 0 Å². The maximum absolute atomic E-state index is 12.1. The third-order valence-electron chi connectivity index (χ3n) is 4.36. The Kier molecular flexibility index (Phi) is 4.58. The van der Waals surface area contributed by atoms with E-state index in [0.717, 1.165) is 5.69 Å². The quantitative estimate of drug-likeness (QED) is 0.767. The molecule has 2 aromatic rings. The van der Waals surface area contributed by atoms with E-state index < -0.39 is 24.1 Å². The average molecular weight is 395 g/mol. The number of H-pyrrole nitrogens is 1. The second-order valence-electron chi connectivity index (χ2n) is 6.26. The van der Waals surface area contributed by atoms with Crippen LogP contribution >= 0.6 is 6.64 Å². The van der Waals surface area contributed by atoms with E-state index in [9.17, 15) is 9.59 Å². The Hall–Kier alpha value is -1.77. The summed E-state index contributed by atoms with van der Waals surface area (Å²) in [5.41, 5.74) is 0.365. The number of aromatic amines is 1. The van der Waals surface area contributed by atoms with E-state index in [1.54, 1.807) is 6.92 Å². The van der Waals surface area contributed by atoms with Gasteiger partial charge in [-0.15, -0.1) is 0 Å². The molecule has 8 nitrogen and oxygen atoms in total. The number of nitrogens with one attached hydrogen (secondary N) is 2. The van der Waals surface area contributed by atoms with Crippen LogP contribution in [0.1, 0.15) is 18.2 Å². The molecule has 0 aliphatic carbocycles. The number of ether oxygens (including phenoxy) is 1. The Bertz CT molecular complexity index is 976. The van der Waals surface area contributed by atoms with Gasteiger partial charge in [0, 0.05) is 23.9 Å². The van der Waals surface area contributed by atoms with Crippen molar-refractivity contribution >= 4 is 24.1 Å². The summed E-state index contributed by atoms with van der Waals surface area (Å²) in [7, 11) is 0. The molecule has 4 rings (SSSR count). The molecule has 2 saturated heterocycles. The molecule has 2 fully saturated rings. The number of aryl methyl sites for hydroxylation is 1. The van der Waals surface area contributed by atoms with E-state index >= 15 is 0 Å². The van der Waals surface area contributed by atoms with Crippen molar-refractivity contribution in [2.45, 2.75) is 31.8 Å². The van der Waals surface area contributed by atoms with E-state index in [1.165, 1.54) is 10.8 Å². The van der Waals surface area contributed by atoms with Crippen molar-refractivity contribution < 1.29 is 13.8 Å². The number of nitrogens with zero attached hydrogens (tertiary/aromatic N) is 1. The Morgan fingerprint density at radius 1 is 1.27 bits per heavy atom. The molecule has 0 bridgehead atoms. The molecule has 2 aliphatic heterocycles. The van der Waals surface area contributed by atoms with Gasteiger partial charge in [-0.25, -0.2) is 4.79 Å². The molecule has 4 atom stereocenters. The lowest BCUT2D eigenvalue weighted by molar-refractivity contribution is -0.0526. The van der Waals surface area contributed by atoms with Crippen LogP contribution in [-0.4, -0.2) is 28.4 Å². The van der Waals surface area contributed by atoms with Crippen molar-refractivity contribution in [3.05, 3.63) is 62.9 Å². The summed E-state index contributed by atoms with van der Waals surface area (Å²) >= 11 is 5.56. The van der Waals surface area contributed by atoms with Gasteiger partial charge in [-0.2, -0.15) is 0 Å². The molecule has 1 aromatic carbocycles. The Balaban J connectivity index is 1.51. The van der Waals surface area contributed by atoms with Gasteiger partial charge in [0.15, 0.2) is 0 Å². The van der Waals surface area contributed by atoms with Crippen LogP contribution in [0, 0.1) is 6.92 Å². The van der Waals surface area contributed by atoms with Crippen molar-refractivity contribution in [3.8, 4) is 0 Å². The SMILES string of the molecule is Cc1cn([C@H]2C[C@@H]3O[P@@](=S)(Nc4ccccc4)OC[C@H]3O2)c(=O)[nH]c1=O. The van der Waals surface area contributed by atoms with Gasteiger partial charge in [-0.3, -0.25) is 14.3 Å². The van der Waals surface area contributed by atoms with Crippen LogP contribution < -0.4 is 16.3 Å². The molecule has 0 saturated carbocycles. The molecule has 1 aromatic heterocycles. The highest BCUT2D eigenvalue weighted by atomic mass is 32.5. The van der Waals surface area contributed by atoms with Crippen LogP contribution in [0.4, 0.5) is 5.69 Å². The minimum Gasteiger partial charge on any atom is -0.349 e. The van der Waals surface area contributed by atoms with Crippen LogP contribution in [0.3, 0.4) is 0 Å². The normalized spacial score (nSPS) is 30.7. The zero-order chi connectivity index (χ0) is 18.3. The van der Waals surface area contributed by atoms with Gasteiger partial charge < -0.3 is 18.9 Å². The zero-order valence-electron chi connectivity index (χ0n) is 14.0. The van der Waals surface area contributed by atoms with E-state index in [2.05, 4.69) is 10.1 Å². The topological polar surface area (TPSA) is 94.6 Å². The number of hydrogen-bond donors (Lipinski definition) is 2. The highest BCUT2D eigenvalue weighted by Crippen LogP contribution is 2.55. The van der Waals surface area contributed by atoms with E-state index in [-0.39, 0.29) is 18.8 Å². The highest BCUT2D eigenvalue weighted by molar-refractivity contribution is 8.10. The first-order valence-electron chi connectivity index (χ1n) is 8.17. The summed E-state index contributed by atoms with van der Waals surface area (Å²) in [4.78, 5) is 25.9. The summed E-state index contributed by atoms with van der Waals surface area (Å²) in [5.74, 6) is 0. The molecule has 2 aliphatic rings. The fraction of sp³-hybridized carbons (Fsp3) is 0.375. The van der Waals surface area contributed by atoms with Crippen LogP contribution in [0.25, 0.3) is 0 Å². The average Bonchev–Trinajstić information content (AvgIpc) is 3.01. The molecular formula is C16H18N3O5PS. The van der Waals surface area contributed by atoms with Crippen molar-refractivity contribution in [2.75, 3.05) is 11.7 Å². The van der Waals surface area contributed by atoms with Crippen LogP contribution in [0.5, 0.6) is 0 Å². The molecule has 10 heteroatoms. The number of fused-ring (bicyclic) bond motifs is 1. The number of benzene rings is 1. The smallest absolute Gasteiger partial charge is 0.330 e. The minimum atomic E-state index is -2.69. The molecule has 0 unspecified atom stereocenters. The van der Waals surface area contributed by atoms with E-state index in [0.29, 0.717) is 12.0 Å². The summed E-state index contributed by atoms with van der Waals surface area (Å²) in [5, 5.41) is 3.16. The third kappa shape index (κ3) is 3.41. The summed E-state index contributed by atoms with van der Waals surface area (Å²) in [6.45, 7) is -0.769. The van der Waals surface area contributed by atoms with Gasteiger partial charge >= 0.3 is 5.69 Å². The number of aromatic nitrogens is 2.